The lowest BCUT2D eigenvalue weighted by Crippen LogP contribution is -2.51. The third-order valence-electron chi connectivity index (χ3n) is 4.05. The molecule has 0 N–H and O–H groups in total. The maximum Gasteiger partial charge on any atom is 0.264 e. The zero-order chi connectivity index (χ0) is 17.6. The zero-order valence-electron chi connectivity index (χ0n) is 13.6. The summed E-state index contributed by atoms with van der Waals surface area (Å²) in [6.07, 6.45) is 0.703. The third-order valence-corrected chi connectivity index (χ3v) is 4.91. The number of piperazine rings is 1. The molecular formula is C18H18N2O4S. The predicted octanol–water partition coefficient (Wildman–Crippen LogP) is 1.92. The van der Waals surface area contributed by atoms with Crippen LogP contribution in [0.15, 0.2) is 41.8 Å². The molecule has 3 rings (SSSR count). The minimum atomic E-state index is -0.149. The number of ether oxygens (including phenoxy) is 1. The molecule has 0 aliphatic carbocycles. The van der Waals surface area contributed by atoms with Gasteiger partial charge in [0.05, 0.1) is 10.4 Å². The van der Waals surface area contributed by atoms with Crippen molar-refractivity contribution in [3.63, 3.8) is 0 Å². The van der Waals surface area contributed by atoms with Crippen LogP contribution >= 0.6 is 11.3 Å². The number of para-hydroxylation sites is 1. The second-order valence-corrected chi connectivity index (χ2v) is 6.54. The summed E-state index contributed by atoms with van der Waals surface area (Å²) >= 11 is 1.42. The van der Waals surface area contributed by atoms with Crippen molar-refractivity contribution in [2.75, 3.05) is 32.8 Å². The van der Waals surface area contributed by atoms with Crippen molar-refractivity contribution < 1.29 is 19.1 Å². The minimum Gasteiger partial charge on any atom is -0.483 e. The van der Waals surface area contributed by atoms with E-state index in [0.717, 1.165) is 0 Å². The van der Waals surface area contributed by atoms with Crippen LogP contribution in [0.5, 0.6) is 5.75 Å². The molecule has 1 fully saturated rings. The van der Waals surface area contributed by atoms with Gasteiger partial charge in [-0.1, -0.05) is 18.2 Å². The van der Waals surface area contributed by atoms with Crippen LogP contribution in [0.1, 0.15) is 20.0 Å². The van der Waals surface area contributed by atoms with Crippen LogP contribution in [0.25, 0.3) is 0 Å². The van der Waals surface area contributed by atoms with Gasteiger partial charge in [-0.3, -0.25) is 14.4 Å². The van der Waals surface area contributed by atoms with Crippen LogP contribution in [0, 0.1) is 0 Å². The molecule has 2 amide bonds. The van der Waals surface area contributed by atoms with E-state index in [1.54, 1.807) is 34.1 Å². The molecule has 1 aromatic heterocycles. The van der Waals surface area contributed by atoms with Crippen molar-refractivity contribution in [2.45, 2.75) is 0 Å². The Bertz CT molecular complexity index is 752. The monoisotopic (exact) mass is 358 g/mol. The second-order valence-electron chi connectivity index (χ2n) is 5.59. The van der Waals surface area contributed by atoms with Crippen molar-refractivity contribution in [1.29, 1.82) is 0 Å². The number of amides is 2. The molecule has 0 saturated carbocycles. The summed E-state index contributed by atoms with van der Waals surface area (Å²) in [5.41, 5.74) is 0.418. The third kappa shape index (κ3) is 4.06. The normalized spacial score (nSPS) is 14.2. The predicted molar refractivity (Wildman–Crippen MR) is 94.1 cm³/mol. The smallest absolute Gasteiger partial charge is 0.264 e. The Morgan fingerprint density at radius 3 is 2.44 bits per heavy atom. The molecule has 0 atom stereocenters. The fraction of sp³-hybridized carbons (Fsp3) is 0.278. The maximum absolute atomic E-state index is 12.3. The van der Waals surface area contributed by atoms with Gasteiger partial charge in [-0.05, 0) is 23.6 Å². The van der Waals surface area contributed by atoms with E-state index < -0.39 is 0 Å². The van der Waals surface area contributed by atoms with Crippen LogP contribution in [-0.4, -0.2) is 60.7 Å². The number of aldehydes is 1. The Hall–Kier alpha value is -2.67. The zero-order valence-corrected chi connectivity index (χ0v) is 14.4. The van der Waals surface area contributed by atoms with Gasteiger partial charge in [-0.2, -0.15) is 0 Å². The van der Waals surface area contributed by atoms with Crippen molar-refractivity contribution >= 4 is 29.4 Å². The lowest BCUT2D eigenvalue weighted by atomic mass is 10.2. The van der Waals surface area contributed by atoms with E-state index in [9.17, 15) is 14.4 Å². The van der Waals surface area contributed by atoms with Crippen molar-refractivity contribution in [1.82, 2.24) is 9.80 Å². The molecule has 0 unspecified atom stereocenters. The number of rotatable bonds is 5. The first-order chi connectivity index (χ1) is 12.2. The maximum atomic E-state index is 12.3. The van der Waals surface area contributed by atoms with Gasteiger partial charge < -0.3 is 14.5 Å². The molecule has 0 bridgehead atoms. The van der Waals surface area contributed by atoms with Gasteiger partial charge in [0, 0.05) is 26.2 Å². The molecule has 1 saturated heterocycles. The van der Waals surface area contributed by atoms with Crippen molar-refractivity contribution in [2.24, 2.45) is 0 Å². The van der Waals surface area contributed by atoms with Crippen LogP contribution in [0.4, 0.5) is 0 Å². The van der Waals surface area contributed by atoms with E-state index in [2.05, 4.69) is 0 Å². The molecule has 2 aromatic rings. The van der Waals surface area contributed by atoms with Gasteiger partial charge >= 0.3 is 0 Å². The summed E-state index contributed by atoms with van der Waals surface area (Å²) in [4.78, 5) is 39.7. The van der Waals surface area contributed by atoms with E-state index in [-0.39, 0.29) is 18.4 Å². The highest BCUT2D eigenvalue weighted by Gasteiger charge is 2.25. The highest BCUT2D eigenvalue weighted by atomic mass is 32.1. The molecule has 130 valence electrons. The highest BCUT2D eigenvalue weighted by Crippen LogP contribution is 2.16. The molecule has 7 heteroatoms. The van der Waals surface area contributed by atoms with Crippen LogP contribution < -0.4 is 4.74 Å². The van der Waals surface area contributed by atoms with Gasteiger partial charge in [0.1, 0.15) is 5.75 Å². The Balaban J connectivity index is 1.50. The Labute approximate surface area is 149 Å². The van der Waals surface area contributed by atoms with Crippen molar-refractivity contribution in [3.05, 3.63) is 52.2 Å². The molecular weight excluding hydrogens is 340 g/mol. The summed E-state index contributed by atoms with van der Waals surface area (Å²) in [6.45, 7) is 1.85. The van der Waals surface area contributed by atoms with E-state index in [1.807, 2.05) is 17.5 Å². The standard InChI is InChI=1S/C18H18N2O4S/c21-12-14-4-1-2-5-15(14)24-13-17(22)19-7-9-20(10-8-19)18(23)16-6-3-11-25-16/h1-6,11-12H,7-10,13H2. The molecule has 6 nitrogen and oxygen atoms in total. The summed E-state index contributed by atoms with van der Waals surface area (Å²) in [7, 11) is 0. The van der Waals surface area contributed by atoms with Crippen LogP contribution in [-0.2, 0) is 4.79 Å². The molecule has 25 heavy (non-hydrogen) atoms. The number of nitrogens with zero attached hydrogens (tertiary/aromatic N) is 2. The van der Waals surface area contributed by atoms with Crippen LogP contribution in [0.3, 0.4) is 0 Å². The lowest BCUT2D eigenvalue weighted by Gasteiger charge is -2.34. The number of carbonyl (C=O) groups excluding carboxylic acids is 3. The molecule has 1 aromatic carbocycles. The number of hydrogen-bond donors (Lipinski definition) is 0. The summed E-state index contributed by atoms with van der Waals surface area (Å²) in [5.74, 6) is 0.263. The average Bonchev–Trinajstić information content (AvgIpc) is 3.20. The van der Waals surface area contributed by atoms with E-state index in [1.165, 1.54) is 11.3 Å². The quantitative estimate of drug-likeness (QED) is 0.766. The van der Waals surface area contributed by atoms with Gasteiger partial charge in [-0.25, -0.2) is 0 Å². The van der Waals surface area contributed by atoms with E-state index in [0.29, 0.717) is 48.7 Å². The first-order valence-electron chi connectivity index (χ1n) is 7.96. The Kier molecular flexibility index (Phi) is 5.45. The summed E-state index contributed by atoms with van der Waals surface area (Å²) < 4.78 is 5.47. The van der Waals surface area contributed by atoms with E-state index in [4.69, 9.17) is 4.74 Å². The molecule has 0 spiro atoms. The summed E-state index contributed by atoms with van der Waals surface area (Å²) in [5, 5.41) is 1.88. The molecule has 0 radical (unpaired) electrons. The van der Waals surface area contributed by atoms with Gasteiger partial charge in [0.15, 0.2) is 12.9 Å². The fourth-order valence-electron chi connectivity index (χ4n) is 2.66. The lowest BCUT2D eigenvalue weighted by molar-refractivity contribution is -0.134. The second kappa shape index (κ2) is 7.94. The van der Waals surface area contributed by atoms with Crippen molar-refractivity contribution in [3.8, 4) is 5.75 Å². The molecule has 2 heterocycles. The highest BCUT2D eigenvalue weighted by molar-refractivity contribution is 7.12. The number of thiophene rings is 1. The first kappa shape index (κ1) is 17.2. The topological polar surface area (TPSA) is 66.9 Å². The Morgan fingerprint density at radius 2 is 1.76 bits per heavy atom. The van der Waals surface area contributed by atoms with Gasteiger partial charge in [0.2, 0.25) is 0 Å². The minimum absolute atomic E-state index is 0.0123. The number of benzene rings is 1. The number of hydrogen-bond acceptors (Lipinski definition) is 5. The fourth-order valence-corrected chi connectivity index (χ4v) is 3.35. The molecule has 1 aliphatic heterocycles. The van der Waals surface area contributed by atoms with Gasteiger partial charge in [0.25, 0.3) is 11.8 Å². The Morgan fingerprint density at radius 1 is 1.04 bits per heavy atom. The largest absolute Gasteiger partial charge is 0.483 e. The van der Waals surface area contributed by atoms with Gasteiger partial charge in [-0.15, -0.1) is 11.3 Å². The summed E-state index contributed by atoms with van der Waals surface area (Å²) in [6, 6.07) is 10.5. The SMILES string of the molecule is O=Cc1ccccc1OCC(=O)N1CCN(C(=O)c2cccs2)CC1. The average molecular weight is 358 g/mol. The first-order valence-corrected chi connectivity index (χ1v) is 8.84. The van der Waals surface area contributed by atoms with E-state index >= 15 is 0 Å². The van der Waals surface area contributed by atoms with Crippen LogP contribution in [0.2, 0.25) is 0 Å². The molecule has 1 aliphatic rings. The number of carbonyl (C=O) groups is 3.